The van der Waals surface area contributed by atoms with E-state index in [4.69, 9.17) is 10.00 Å². The van der Waals surface area contributed by atoms with Crippen molar-refractivity contribution in [2.75, 3.05) is 6.73 Å². The Morgan fingerprint density at radius 3 is 3.25 bits per heavy atom. The third-order valence-electron chi connectivity index (χ3n) is 1.66. The fourth-order valence-corrected chi connectivity index (χ4v) is 1.09. The van der Waals surface area contributed by atoms with Crippen molar-refractivity contribution in [3.05, 3.63) is 29.3 Å². The summed E-state index contributed by atoms with van der Waals surface area (Å²) in [5, 5.41) is 8.60. The Bertz CT molecular complexity index is 377. The lowest BCUT2D eigenvalue weighted by Gasteiger charge is -2.10. The van der Waals surface area contributed by atoms with Crippen LogP contribution in [0.2, 0.25) is 0 Å². The molecule has 3 nitrogen and oxygen atoms in total. The molecule has 2 rings (SSSR count). The third kappa shape index (κ3) is 1.04. The summed E-state index contributed by atoms with van der Waals surface area (Å²) >= 11 is 0. The summed E-state index contributed by atoms with van der Waals surface area (Å²) in [6.45, 7) is 0.374. The quantitative estimate of drug-likeness (QED) is 0.571. The molecule has 1 aromatic rings. The first-order valence-electron chi connectivity index (χ1n) is 3.57. The minimum absolute atomic E-state index is 0.374. The molecular formula is C9H6N2O. The van der Waals surface area contributed by atoms with E-state index >= 15 is 0 Å². The molecule has 12 heavy (non-hydrogen) atoms. The number of rotatable bonds is 0. The van der Waals surface area contributed by atoms with Gasteiger partial charge in [-0.05, 0) is 18.2 Å². The number of fused-ring (bicyclic) bond motifs is 1. The molecule has 0 radical (unpaired) electrons. The van der Waals surface area contributed by atoms with Gasteiger partial charge in [0.2, 0.25) is 0 Å². The molecule has 0 saturated carbocycles. The molecule has 0 amide bonds. The van der Waals surface area contributed by atoms with E-state index in [1.165, 1.54) is 0 Å². The van der Waals surface area contributed by atoms with Gasteiger partial charge in [0.15, 0.2) is 6.73 Å². The second-order valence-corrected chi connectivity index (χ2v) is 2.45. The van der Waals surface area contributed by atoms with Gasteiger partial charge in [-0.15, -0.1) is 0 Å². The number of aliphatic imine (C=N–C) groups is 1. The molecule has 1 aliphatic heterocycles. The Hall–Kier alpha value is -1.82. The van der Waals surface area contributed by atoms with Crippen LogP contribution in [-0.4, -0.2) is 12.9 Å². The number of nitriles is 1. The summed E-state index contributed by atoms with van der Waals surface area (Å²) in [6, 6.07) is 7.35. The highest BCUT2D eigenvalue weighted by molar-refractivity contribution is 5.84. The molecule has 0 saturated heterocycles. The van der Waals surface area contributed by atoms with Gasteiger partial charge < -0.3 is 4.74 Å². The van der Waals surface area contributed by atoms with Gasteiger partial charge in [0.1, 0.15) is 5.75 Å². The van der Waals surface area contributed by atoms with Crippen LogP contribution in [0.1, 0.15) is 11.1 Å². The van der Waals surface area contributed by atoms with Crippen LogP contribution in [0.4, 0.5) is 0 Å². The fourth-order valence-electron chi connectivity index (χ4n) is 1.09. The maximum absolute atomic E-state index is 8.60. The van der Waals surface area contributed by atoms with Crippen LogP contribution < -0.4 is 4.74 Å². The van der Waals surface area contributed by atoms with Crippen molar-refractivity contribution in [1.29, 1.82) is 5.26 Å². The zero-order valence-corrected chi connectivity index (χ0v) is 6.32. The first kappa shape index (κ1) is 6.86. The summed E-state index contributed by atoms with van der Waals surface area (Å²) in [4.78, 5) is 3.94. The van der Waals surface area contributed by atoms with E-state index in [1.807, 2.05) is 0 Å². The van der Waals surface area contributed by atoms with E-state index in [1.54, 1.807) is 24.4 Å². The van der Waals surface area contributed by atoms with E-state index in [0.29, 0.717) is 12.3 Å². The molecule has 0 unspecified atom stereocenters. The van der Waals surface area contributed by atoms with E-state index in [9.17, 15) is 0 Å². The van der Waals surface area contributed by atoms with Crippen molar-refractivity contribution in [3.63, 3.8) is 0 Å². The second kappa shape index (κ2) is 2.67. The Kier molecular flexibility index (Phi) is 1.52. The van der Waals surface area contributed by atoms with Crippen LogP contribution in [0.3, 0.4) is 0 Å². The van der Waals surface area contributed by atoms with Gasteiger partial charge >= 0.3 is 0 Å². The average molecular weight is 158 g/mol. The Morgan fingerprint density at radius 2 is 2.42 bits per heavy atom. The van der Waals surface area contributed by atoms with Gasteiger partial charge in [0.25, 0.3) is 0 Å². The number of benzene rings is 1. The molecular weight excluding hydrogens is 152 g/mol. The predicted molar refractivity (Wildman–Crippen MR) is 44.2 cm³/mol. The van der Waals surface area contributed by atoms with Gasteiger partial charge in [0, 0.05) is 11.8 Å². The molecule has 0 aromatic heterocycles. The third-order valence-corrected chi connectivity index (χ3v) is 1.66. The molecule has 0 N–H and O–H groups in total. The number of hydrogen-bond donors (Lipinski definition) is 0. The maximum atomic E-state index is 8.60. The molecule has 0 bridgehead atoms. The van der Waals surface area contributed by atoms with Crippen LogP contribution in [0, 0.1) is 11.3 Å². The fraction of sp³-hybridized carbons (Fsp3) is 0.111. The number of ether oxygens (including phenoxy) is 1. The SMILES string of the molecule is N#Cc1ccc2c(c1)C=NCO2. The largest absolute Gasteiger partial charge is 0.471 e. The molecule has 0 spiro atoms. The van der Waals surface area contributed by atoms with E-state index in [2.05, 4.69) is 11.1 Å². The lowest BCUT2D eigenvalue weighted by molar-refractivity contribution is 0.326. The van der Waals surface area contributed by atoms with Crippen LogP contribution in [0.5, 0.6) is 5.75 Å². The minimum atomic E-state index is 0.374. The van der Waals surface area contributed by atoms with Crippen LogP contribution in [0.15, 0.2) is 23.2 Å². The van der Waals surface area contributed by atoms with E-state index in [-0.39, 0.29) is 0 Å². The number of nitrogens with zero attached hydrogens (tertiary/aromatic N) is 2. The number of hydrogen-bond acceptors (Lipinski definition) is 3. The Labute approximate surface area is 69.9 Å². The molecule has 0 fully saturated rings. The molecule has 1 aromatic carbocycles. The van der Waals surface area contributed by atoms with Crippen LogP contribution in [-0.2, 0) is 0 Å². The van der Waals surface area contributed by atoms with Crippen molar-refractivity contribution in [2.24, 2.45) is 4.99 Å². The lowest BCUT2D eigenvalue weighted by atomic mass is 10.1. The van der Waals surface area contributed by atoms with Crippen molar-refractivity contribution in [2.45, 2.75) is 0 Å². The summed E-state index contributed by atoms with van der Waals surface area (Å²) in [7, 11) is 0. The van der Waals surface area contributed by atoms with Crippen molar-refractivity contribution >= 4 is 6.21 Å². The monoisotopic (exact) mass is 158 g/mol. The van der Waals surface area contributed by atoms with Crippen molar-refractivity contribution in [1.82, 2.24) is 0 Å². The van der Waals surface area contributed by atoms with Gasteiger partial charge in [-0.3, -0.25) is 4.99 Å². The zero-order chi connectivity index (χ0) is 8.39. The smallest absolute Gasteiger partial charge is 0.179 e. The highest BCUT2D eigenvalue weighted by atomic mass is 16.5. The van der Waals surface area contributed by atoms with Gasteiger partial charge in [-0.25, -0.2) is 0 Å². The molecule has 1 aliphatic rings. The second-order valence-electron chi connectivity index (χ2n) is 2.45. The molecule has 0 atom stereocenters. The topological polar surface area (TPSA) is 45.4 Å². The van der Waals surface area contributed by atoms with E-state index in [0.717, 1.165) is 11.3 Å². The summed E-state index contributed by atoms with van der Waals surface area (Å²) in [5.41, 5.74) is 1.51. The summed E-state index contributed by atoms with van der Waals surface area (Å²) in [5.74, 6) is 0.795. The normalized spacial score (nSPS) is 12.9. The Morgan fingerprint density at radius 1 is 1.50 bits per heavy atom. The summed E-state index contributed by atoms with van der Waals surface area (Å²) < 4.78 is 5.22. The zero-order valence-electron chi connectivity index (χ0n) is 6.32. The van der Waals surface area contributed by atoms with Crippen LogP contribution in [0.25, 0.3) is 0 Å². The van der Waals surface area contributed by atoms with Crippen molar-refractivity contribution < 1.29 is 4.74 Å². The first-order valence-corrected chi connectivity index (χ1v) is 3.57. The highest BCUT2D eigenvalue weighted by Gasteiger charge is 2.05. The molecule has 3 heteroatoms. The lowest BCUT2D eigenvalue weighted by Crippen LogP contribution is -2.03. The van der Waals surface area contributed by atoms with Gasteiger partial charge in [-0.2, -0.15) is 5.26 Å². The molecule has 1 heterocycles. The standard InChI is InChI=1S/C9H6N2O/c10-4-7-1-2-9-8(3-7)5-11-6-12-9/h1-3,5H,6H2. The first-order chi connectivity index (χ1) is 5.90. The van der Waals surface area contributed by atoms with E-state index < -0.39 is 0 Å². The van der Waals surface area contributed by atoms with Gasteiger partial charge in [-0.1, -0.05) is 0 Å². The van der Waals surface area contributed by atoms with Crippen LogP contribution >= 0.6 is 0 Å². The van der Waals surface area contributed by atoms with Gasteiger partial charge in [0.05, 0.1) is 11.6 Å². The molecule has 0 aliphatic carbocycles. The summed E-state index contributed by atoms with van der Waals surface area (Å²) in [6.07, 6.45) is 1.72. The minimum Gasteiger partial charge on any atom is -0.471 e. The highest BCUT2D eigenvalue weighted by Crippen LogP contribution is 2.20. The molecule has 58 valence electrons. The maximum Gasteiger partial charge on any atom is 0.179 e. The Balaban J connectivity index is 2.53. The average Bonchev–Trinajstić information content (AvgIpc) is 2.17. The predicted octanol–water partition coefficient (Wildman–Crippen LogP) is 1.33. The van der Waals surface area contributed by atoms with Crippen molar-refractivity contribution in [3.8, 4) is 11.8 Å².